The van der Waals surface area contributed by atoms with Crippen LogP contribution < -0.4 is 5.73 Å². The van der Waals surface area contributed by atoms with Gasteiger partial charge in [0, 0.05) is 11.5 Å². The van der Waals surface area contributed by atoms with Crippen molar-refractivity contribution in [3.63, 3.8) is 0 Å². The Balaban J connectivity index is 1.66. The largest absolute Gasteiger partial charge is 0.506 e. The average molecular weight is 491 g/mol. The van der Waals surface area contributed by atoms with Gasteiger partial charge in [-0.15, -0.1) is 0 Å². The lowest BCUT2D eigenvalue weighted by Gasteiger charge is -2.53. The highest BCUT2D eigenvalue weighted by molar-refractivity contribution is 6.33. The highest BCUT2D eigenvalue weighted by atomic mass is 16.3. The maximum absolute atomic E-state index is 13.9. The molecule has 1 aromatic heterocycles. The monoisotopic (exact) mass is 490 g/mol. The number of carbonyl (C=O) groups excluding carboxylic acids is 4. The third kappa shape index (κ3) is 3.11. The summed E-state index contributed by atoms with van der Waals surface area (Å²) in [6, 6.07) is 8.09. The summed E-state index contributed by atoms with van der Waals surface area (Å²) in [5.74, 6) is -8.51. The van der Waals surface area contributed by atoms with Gasteiger partial charge in [-0.1, -0.05) is 30.3 Å². The normalized spacial score (nSPS) is 31.6. The highest BCUT2D eigenvalue weighted by Crippen LogP contribution is 2.51. The second-order valence-electron chi connectivity index (χ2n) is 10.1. The van der Waals surface area contributed by atoms with Crippen molar-refractivity contribution < 1.29 is 29.4 Å². The van der Waals surface area contributed by atoms with E-state index in [9.17, 15) is 29.4 Å². The second-order valence-corrected chi connectivity index (χ2v) is 10.1. The van der Waals surface area contributed by atoms with Gasteiger partial charge in [0.05, 0.1) is 35.1 Å². The molecule has 6 atom stereocenters. The molecule has 0 bridgehead atoms. The summed E-state index contributed by atoms with van der Waals surface area (Å²) in [4.78, 5) is 58.8. The van der Waals surface area contributed by atoms with Gasteiger partial charge in [-0.25, -0.2) is 0 Å². The van der Waals surface area contributed by atoms with Crippen LogP contribution in [0.1, 0.15) is 22.3 Å². The number of nitrogens with zero attached hydrogens (tertiary/aromatic N) is 2. The number of pyridine rings is 1. The van der Waals surface area contributed by atoms with Gasteiger partial charge in [0.2, 0.25) is 5.91 Å². The zero-order valence-corrected chi connectivity index (χ0v) is 19.8. The summed E-state index contributed by atoms with van der Waals surface area (Å²) in [6.07, 6.45) is 1.44. The molecular formula is C26H26N4O6. The molecule has 1 heterocycles. The van der Waals surface area contributed by atoms with E-state index in [1.807, 2.05) is 30.3 Å². The van der Waals surface area contributed by atoms with E-state index in [0.717, 1.165) is 11.8 Å². The Kier molecular flexibility index (Phi) is 5.42. The Hall–Kier alpha value is -3.76. The first-order valence-corrected chi connectivity index (χ1v) is 11.7. The minimum atomic E-state index is -2.51. The molecule has 5 rings (SSSR count). The molecule has 6 unspecified atom stereocenters. The van der Waals surface area contributed by atoms with Gasteiger partial charge in [0.15, 0.2) is 23.0 Å². The second kappa shape index (κ2) is 8.14. The van der Waals surface area contributed by atoms with Crippen molar-refractivity contribution in [2.24, 2.45) is 29.4 Å². The number of aliphatic hydroxyl groups is 1. The molecule has 0 aliphatic heterocycles. The van der Waals surface area contributed by atoms with Crippen LogP contribution in [-0.4, -0.2) is 74.8 Å². The lowest BCUT2D eigenvalue weighted by Crippen LogP contribution is -2.73. The van der Waals surface area contributed by atoms with Crippen molar-refractivity contribution >= 4 is 29.0 Å². The number of aromatic nitrogens is 1. The first kappa shape index (κ1) is 24.0. The number of carbonyl (C=O) groups is 4. The number of primary amides is 1. The summed E-state index contributed by atoms with van der Waals surface area (Å²) in [6.45, 7) is 0. The molecule has 5 N–H and O–H groups in total. The molecule has 2 fully saturated rings. The highest BCUT2D eigenvalue weighted by Gasteiger charge is 2.67. The summed E-state index contributed by atoms with van der Waals surface area (Å²) < 4.78 is 0. The lowest BCUT2D eigenvalue weighted by atomic mass is 9.52. The molecule has 2 aromatic rings. The number of fused-ring (bicyclic) bond motifs is 3. The number of aromatic hydroxyl groups is 1. The molecule has 36 heavy (non-hydrogen) atoms. The predicted molar refractivity (Wildman–Crippen MR) is 127 cm³/mol. The third-order valence-corrected chi connectivity index (χ3v) is 7.92. The number of hydrogen-bond acceptors (Lipinski definition) is 9. The van der Waals surface area contributed by atoms with E-state index in [2.05, 4.69) is 4.98 Å². The fourth-order valence-electron chi connectivity index (χ4n) is 6.40. The number of Topliss-reactive ketones (excluding diaryl/α,β-unsaturated/α-hetero) is 3. The van der Waals surface area contributed by atoms with Crippen molar-refractivity contribution in [2.45, 2.75) is 24.5 Å². The number of ketones is 3. The van der Waals surface area contributed by atoms with Gasteiger partial charge in [-0.2, -0.15) is 0 Å². The number of nitrogens with two attached hydrogens (primary N) is 1. The molecule has 0 radical (unpaired) electrons. The van der Waals surface area contributed by atoms with Crippen molar-refractivity contribution in [3.8, 4) is 17.0 Å². The molecule has 10 heteroatoms. The van der Waals surface area contributed by atoms with Gasteiger partial charge in [-0.05, 0) is 38.4 Å². The smallest absolute Gasteiger partial charge is 0.233 e. The van der Waals surface area contributed by atoms with E-state index in [1.54, 1.807) is 14.1 Å². The molecular weight excluding hydrogens is 464 g/mol. The summed E-state index contributed by atoms with van der Waals surface area (Å²) in [5, 5.41) is 30.8. The number of likely N-dealkylation sites (N-methyl/N-ethyl adjacent to an activating group) is 1. The van der Waals surface area contributed by atoms with Crippen LogP contribution in [0.5, 0.6) is 5.75 Å². The van der Waals surface area contributed by atoms with Crippen molar-refractivity contribution in [2.75, 3.05) is 14.1 Å². The van der Waals surface area contributed by atoms with E-state index in [4.69, 9.17) is 11.1 Å². The minimum Gasteiger partial charge on any atom is -0.506 e. The minimum absolute atomic E-state index is 0.0328. The number of nitrogens with one attached hydrogen (secondary N) is 1. The Morgan fingerprint density at radius 2 is 1.86 bits per heavy atom. The standard InChI is InChI=1S/C26H26N4O6/c1-30(2)20-14-9-12-8-13-17(15(31)10-29-19(13)11-6-4-3-5-7-11)21(32)16(12)24(34)26(14,36)23(27)18(22(20)33)25(28)35/h3-7,10,12,14,16,18,20,27,31,36H,8-9H2,1-2H3,(H2,28,35). The van der Waals surface area contributed by atoms with Crippen LogP contribution in [0, 0.1) is 29.1 Å². The van der Waals surface area contributed by atoms with Crippen LogP contribution in [0.3, 0.4) is 0 Å². The molecule has 10 nitrogen and oxygen atoms in total. The average Bonchev–Trinajstić information content (AvgIpc) is 2.81. The van der Waals surface area contributed by atoms with Crippen LogP contribution in [-0.2, 0) is 20.8 Å². The Bertz CT molecular complexity index is 1340. The van der Waals surface area contributed by atoms with Crippen molar-refractivity contribution in [3.05, 3.63) is 47.7 Å². The van der Waals surface area contributed by atoms with Gasteiger partial charge >= 0.3 is 0 Å². The van der Waals surface area contributed by atoms with E-state index >= 15 is 0 Å². The fourth-order valence-corrected chi connectivity index (χ4v) is 6.40. The van der Waals surface area contributed by atoms with E-state index in [1.165, 1.54) is 4.90 Å². The van der Waals surface area contributed by atoms with E-state index < -0.39 is 64.3 Å². The third-order valence-electron chi connectivity index (χ3n) is 7.92. The summed E-state index contributed by atoms with van der Waals surface area (Å²) in [5.41, 5.74) is 3.82. The molecule has 3 aliphatic rings. The van der Waals surface area contributed by atoms with Gasteiger partial charge in [-0.3, -0.25) is 29.1 Å². The molecule has 1 aromatic carbocycles. The van der Waals surface area contributed by atoms with Crippen LogP contribution in [0.25, 0.3) is 11.3 Å². The zero-order valence-electron chi connectivity index (χ0n) is 19.8. The number of rotatable bonds is 3. The molecule has 2 saturated carbocycles. The quantitative estimate of drug-likeness (QED) is 0.447. The molecule has 1 amide bonds. The Morgan fingerprint density at radius 3 is 2.47 bits per heavy atom. The topological polar surface area (TPSA) is 175 Å². The van der Waals surface area contributed by atoms with Gasteiger partial charge in [0.25, 0.3) is 0 Å². The number of hydrogen-bond donors (Lipinski definition) is 4. The SMILES string of the molecule is CN(C)C1C(=O)C(C(N)=O)C(=N)C2(O)C(=O)C3C(=O)c4c(O)cnc(-c5ccccc5)c4CC3CC12. The first-order valence-electron chi connectivity index (χ1n) is 11.7. The van der Waals surface area contributed by atoms with Gasteiger partial charge < -0.3 is 21.4 Å². The Labute approximate surface area is 206 Å². The Morgan fingerprint density at radius 1 is 1.19 bits per heavy atom. The van der Waals surface area contributed by atoms with Crippen LogP contribution in [0.4, 0.5) is 0 Å². The van der Waals surface area contributed by atoms with Crippen molar-refractivity contribution in [1.29, 1.82) is 5.41 Å². The molecule has 0 saturated heterocycles. The zero-order chi connectivity index (χ0) is 26.1. The lowest BCUT2D eigenvalue weighted by molar-refractivity contribution is -0.157. The first-order chi connectivity index (χ1) is 17.0. The maximum atomic E-state index is 13.9. The number of amides is 1. The van der Waals surface area contributed by atoms with Crippen LogP contribution >= 0.6 is 0 Å². The molecule has 3 aliphatic carbocycles. The van der Waals surface area contributed by atoms with E-state index in [-0.39, 0.29) is 24.2 Å². The molecule has 0 spiro atoms. The van der Waals surface area contributed by atoms with Crippen LogP contribution in [0.2, 0.25) is 0 Å². The van der Waals surface area contributed by atoms with Crippen LogP contribution in [0.15, 0.2) is 36.5 Å². The van der Waals surface area contributed by atoms with Crippen molar-refractivity contribution in [1.82, 2.24) is 9.88 Å². The molecule has 186 valence electrons. The summed E-state index contributed by atoms with van der Waals surface area (Å²) >= 11 is 0. The maximum Gasteiger partial charge on any atom is 0.233 e. The fraction of sp³-hybridized carbons (Fsp3) is 0.385. The predicted octanol–water partition coefficient (Wildman–Crippen LogP) is 0.380. The van der Waals surface area contributed by atoms with E-state index in [0.29, 0.717) is 11.3 Å². The summed E-state index contributed by atoms with van der Waals surface area (Å²) in [7, 11) is 3.17. The number of benzene rings is 1. The van der Waals surface area contributed by atoms with Gasteiger partial charge in [0.1, 0.15) is 11.7 Å².